The summed E-state index contributed by atoms with van der Waals surface area (Å²) in [5, 5.41) is 1.31. The van der Waals surface area contributed by atoms with E-state index in [1.54, 1.807) is 0 Å². The van der Waals surface area contributed by atoms with Gasteiger partial charge in [0.05, 0.1) is 10.6 Å². The molecule has 108 valence electrons. The number of nitrogens with zero attached hydrogens (tertiary/aromatic N) is 2. The van der Waals surface area contributed by atoms with Crippen LogP contribution in [0.5, 0.6) is 0 Å². The lowest BCUT2D eigenvalue weighted by molar-refractivity contribution is 0.295. The molecule has 2 aliphatic rings. The second-order valence-corrected chi connectivity index (χ2v) is 6.60. The number of hydrogen-bond acceptors (Lipinski definition) is 3. The summed E-state index contributed by atoms with van der Waals surface area (Å²) >= 11 is 1.84. The maximum Gasteiger partial charge on any atom is 0.0950 e. The van der Waals surface area contributed by atoms with Crippen LogP contribution in [0.2, 0.25) is 0 Å². The molecule has 1 fully saturated rings. The Balaban J connectivity index is 2.09. The van der Waals surface area contributed by atoms with Crippen molar-refractivity contribution in [1.29, 1.82) is 0 Å². The molecule has 1 spiro atoms. The first-order valence-corrected chi connectivity index (χ1v) is 9.01. The van der Waals surface area contributed by atoms with Crippen molar-refractivity contribution >= 4 is 16.8 Å². The highest BCUT2D eigenvalue weighted by Gasteiger charge is 2.34. The zero-order chi connectivity index (χ0) is 13.7. The Morgan fingerprint density at radius 1 is 1.21 bits per heavy atom. The van der Waals surface area contributed by atoms with Crippen LogP contribution in [0.15, 0.2) is 16.6 Å². The van der Waals surface area contributed by atoms with Crippen molar-refractivity contribution in [3.8, 4) is 0 Å². The molecule has 0 saturated heterocycles. The van der Waals surface area contributed by atoms with Crippen LogP contribution in [0.1, 0.15) is 52.4 Å². The minimum Gasteiger partial charge on any atom is -0.300 e. The van der Waals surface area contributed by atoms with E-state index in [9.17, 15) is 0 Å². The number of dihydropyridines is 1. The quantitative estimate of drug-likeness (QED) is 0.769. The van der Waals surface area contributed by atoms with Gasteiger partial charge in [-0.2, -0.15) is 0 Å². The van der Waals surface area contributed by atoms with Gasteiger partial charge in [-0.3, -0.25) is 9.89 Å². The summed E-state index contributed by atoms with van der Waals surface area (Å²) in [5.41, 5.74) is 1.73. The largest absolute Gasteiger partial charge is 0.300 e. The molecule has 1 aliphatic carbocycles. The van der Waals surface area contributed by atoms with E-state index in [-0.39, 0.29) is 5.54 Å². The SMILES string of the molecule is CCN(CC)CC1=CCC2(CCCCC2)N=C1SC. The first-order valence-electron chi connectivity index (χ1n) is 7.78. The highest BCUT2D eigenvalue weighted by atomic mass is 32.2. The molecule has 0 N–H and O–H groups in total. The molecule has 0 radical (unpaired) electrons. The molecule has 3 heteroatoms. The standard InChI is InChI=1S/C16H28N2S/c1-4-18(5-2)13-14-9-12-16(17-15(14)19-3)10-7-6-8-11-16/h9H,4-8,10-13H2,1-3H3. The predicted octanol–water partition coefficient (Wildman–Crippen LogP) is 4.12. The highest BCUT2D eigenvalue weighted by molar-refractivity contribution is 8.13. The minimum absolute atomic E-state index is 0.267. The zero-order valence-electron chi connectivity index (χ0n) is 12.7. The molecule has 0 aromatic carbocycles. The van der Waals surface area contributed by atoms with Gasteiger partial charge in [-0.25, -0.2) is 0 Å². The second-order valence-electron chi connectivity index (χ2n) is 5.80. The Kier molecular flexibility index (Phi) is 5.52. The Bertz CT molecular complexity index is 350. The van der Waals surface area contributed by atoms with Gasteiger partial charge in [-0.05, 0) is 44.2 Å². The smallest absolute Gasteiger partial charge is 0.0950 e. The Labute approximate surface area is 122 Å². The Hall–Kier alpha value is -0.280. The average Bonchev–Trinajstić information content (AvgIpc) is 2.47. The first-order chi connectivity index (χ1) is 9.23. The van der Waals surface area contributed by atoms with Gasteiger partial charge in [0.1, 0.15) is 0 Å². The van der Waals surface area contributed by atoms with Gasteiger partial charge in [0.15, 0.2) is 0 Å². The molecule has 1 saturated carbocycles. The summed E-state index contributed by atoms with van der Waals surface area (Å²) in [6, 6.07) is 0. The molecule has 0 bridgehead atoms. The summed E-state index contributed by atoms with van der Waals surface area (Å²) < 4.78 is 0. The fraction of sp³-hybridized carbons (Fsp3) is 0.812. The summed E-state index contributed by atoms with van der Waals surface area (Å²) in [5.74, 6) is 0. The summed E-state index contributed by atoms with van der Waals surface area (Å²) in [6.07, 6.45) is 12.6. The van der Waals surface area contributed by atoms with E-state index in [4.69, 9.17) is 4.99 Å². The van der Waals surface area contributed by atoms with Crippen molar-refractivity contribution in [3.63, 3.8) is 0 Å². The molecule has 2 rings (SSSR count). The molecule has 0 amide bonds. The number of hydrogen-bond donors (Lipinski definition) is 0. The van der Waals surface area contributed by atoms with E-state index in [1.165, 1.54) is 49.1 Å². The third-order valence-electron chi connectivity index (χ3n) is 4.61. The summed E-state index contributed by atoms with van der Waals surface area (Å²) in [7, 11) is 0. The lowest BCUT2D eigenvalue weighted by atomic mass is 9.78. The molecule has 0 atom stereocenters. The molecule has 1 heterocycles. The van der Waals surface area contributed by atoms with Gasteiger partial charge in [-0.15, -0.1) is 11.8 Å². The number of likely N-dealkylation sites (N-methyl/N-ethyl adjacent to an activating group) is 1. The van der Waals surface area contributed by atoms with Crippen LogP contribution in [0.25, 0.3) is 0 Å². The normalized spacial score (nSPS) is 22.5. The van der Waals surface area contributed by atoms with Gasteiger partial charge < -0.3 is 0 Å². The van der Waals surface area contributed by atoms with E-state index in [0.29, 0.717) is 0 Å². The topological polar surface area (TPSA) is 15.6 Å². The van der Waals surface area contributed by atoms with Crippen molar-refractivity contribution in [3.05, 3.63) is 11.6 Å². The van der Waals surface area contributed by atoms with Gasteiger partial charge in [-0.1, -0.05) is 39.2 Å². The first kappa shape index (κ1) is 15.1. The Morgan fingerprint density at radius 2 is 1.89 bits per heavy atom. The van der Waals surface area contributed by atoms with Crippen LogP contribution in [0.3, 0.4) is 0 Å². The van der Waals surface area contributed by atoms with Crippen molar-refractivity contribution in [2.75, 3.05) is 25.9 Å². The van der Waals surface area contributed by atoms with E-state index in [2.05, 4.69) is 31.1 Å². The maximum atomic E-state index is 5.18. The van der Waals surface area contributed by atoms with Crippen molar-refractivity contribution in [2.45, 2.75) is 57.9 Å². The molecule has 2 nitrogen and oxygen atoms in total. The van der Waals surface area contributed by atoms with Crippen LogP contribution in [0, 0.1) is 0 Å². The van der Waals surface area contributed by atoms with Crippen LogP contribution in [0.4, 0.5) is 0 Å². The predicted molar refractivity (Wildman–Crippen MR) is 87.3 cm³/mol. The van der Waals surface area contributed by atoms with Gasteiger partial charge in [0.2, 0.25) is 0 Å². The lowest BCUT2D eigenvalue weighted by Gasteiger charge is -2.37. The van der Waals surface area contributed by atoms with Crippen LogP contribution >= 0.6 is 11.8 Å². The molecule has 19 heavy (non-hydrogen) atoms. The third-order valence-corrected chi connectivity index (χ3v) is 5.35. The number of rotatable bonds is 4. The maximum absolute atomic E-state index is 5.18. The van der Waals surface area contributed by atoms with E-state index in [1.807, 2.05) is 11.8 Å². The summed E-state index contributed by atoms with van der Waals surface area (Å²) in [4.78, 5) is 7.66. The minimum atomic E-state index is 0.267. The van der Waals surface area contributed by atoms with E-state index >= 15 is 0 Å². The Morgan fingerprint density at radius 3 is 2.47 bits per heavy atom. The molecule has 0 aromatic heterocycles. The van der Waals surface area contributed by atoms with Crippen LogP contribution in [-0.4, -0.2) is 41.4 Å². The lowest BCUT2D eigenvalue weighted by Crippen LogP contribution is -2.35. The molecule has 0 unspecified atom stereocenters. The fourth-order valence-electron chi connectivity index (χ4n) is 3.26. The van der Waals surface area contributed by atoms with Crippen molar-refractivity contribution in [1.82, 2.24) is 4.90 Å². The third kappa shape index (κ3) is 3.63. The van der Waals surface area contributed by atoms with Crippen molar-refractivity contribution in [2.24, 2.45) is 4.99 Å². The second kappa shape index (κ2) is 6.94. The fourth-order valence-corrected chi connectivity index (χ4v) is 3.95. The average molecular weight is 280 g/mol. The monoisotopic (exact) mass is 280 g/mol. The van der Waals surface area contributed by atoms with Gasteiger partial charge >= 0.3 is 0 Å². The highest BCUT2D eigenvalue weighted by Crippen LogP contribution is 2.39. The molecule has 0 aromatic rings. The van der Waals surface area contributed by atoms with Gasteiger partial charge in [0.25, 0.3) is 0 Å². The molecule has 1 aliphatic heterocycles. The number of aliphatic imine (C=N–C) groups is 1. The van der Waals surface area contributed by atoms with Gasteiger partial charge in [0, 0.05) is 6.54 Å². The van der Waals surface area contributed by atoms with Crippen molar-refractivity contribution < 1.29 is 0 Å². The van der Waals surface area contributed by atoms with E-state index in [0.717, 1.165) is 19.6 Å². The number of thioether (sulfide) groups is 1. The summed E-state index contributed by atoms with van der Waals surface area (Å²) in [6.45, 7) is 7.81. The van der Waals surface area contributed by atoms with Crippen LogP contribution in [-0.2, 0) is 0 Å². The van der Waals surface area contributed by atoms with Crippen LogP contribution < -0.4 is 0 Å². The molecular weight excluding hydrogens is 252 g/mol. The van der Waals surface area contributed by atoms with E-state index < -0.39 is 0 Å². The zero-order valence-corrected chi connectivity index (χ0v) is 13.6. The molecular formula is C16H28N2S.